The first-order valence-corrected chi connectivity index (χ1v) is 9.77. The van der Waals surface area contributed by atoms with E-state index in [2.05, 4.69) is 43.2 Å². The zero-order chi connectivity index (χ0) is 15.4. The van der Waals surface area contributed by atoms with Crippen molar-refractivity contribution >= 4 is 58.0 Å². The van der Waals surface area contributed by atoms with Crippen molar-refractivity contribution in [2.24, 2.45) is 5.92 Å². The maximum atomic E-state index is 12.3. The van der Waals surface area contributed by atoms with Gasteiger partial charge in [0.05, 0.1) is 3.79 Å². The number of amides is 1. The van der Waals surface area contributed by atoms with Crippen molar-refractivity contribution in [3.63, 3.8) is 0 Å². The number of nitrogens with zero attached hydrogens (tertiary/aromatic N) is 2. The lowest BCUT2D eigenvalue weighted by atomic mass is 10.0. The maximum Gasteiger partial charge on any atom is 0.222 e. The minimum absolute atomic E-state index is 0. The predicted molar refractivity (Wildman–Crippen MR) is 109 cm³/mol. The molecule has 1 atom stereocenters. The van der Waals surface area contributed by atoms with E-state index in [-0.39, 0.29) is 24.8 Å². The SMILES string of the molecule is Cl.Cl.O=C(CCC1CCNC1)N1CCN(Cc2ccc(Br)s2)CC1. The van der Waals surface area contributed by atoms with Gasteiger partial charge >= 0.3 is 0 Å². The first kappa shape index (κ1) is 22.2. The van der Waals surface area contributed by atoms with Crippen molar-refractivity contribution in [3.8, 4) is 0 Å². The van der Waals surface area contributed by atoms with Crippen LogP contribution in [0.1, 0.15) is 24.1 Å². The highest BCUT2D eigenvalue weighted by atomic mass is 79.9. The first-order valence-electron chi connectivity index (χ1n) is 8.16. The summed E-state index contributed by atoms with van der Waals surface area (Å²) in [5.74, 6) is 1.06. The van der Waals surface area contributed by atoms with E-state index in [0.717, 1.165) is 58.7 Å². The summed E-state index contributed by atoms with van der Waals surface area (Å²) in [6.45, 7) is 6.97. The smallest absolute Gasteiger partial charge is 0.222 e. The van der Waals surface area contributed by atoms with E-state index < -0.39 is 0 Å². The van der Waals surface area contributed by atoms with Gasteiger partial charge in [0.25, 0.3) is 0 Å². The van der Waals surface area contributed by atoms with E-state index in [0.29, 0.717) is 11.8 Å². The van der Waals surface area contributed by atoms with Crippen LogP contribution in [0.4, 0.5) is 0 Å². The van der Waals surface area contributed by atoms with Crippen LogP contribution in [0.5, 0.6) is 0 Å². The van der Waals surface area contributed by atoms with E-state index in [9.17, 15) is 4.79 Å². The summed E-state index contributed by atoms with van der Waals surface area (Å²) in [5.41, 5.74) is 0. The molecule has 138 valence electrons. The molecule has 2 saturated heterocycles. The molecule has 2 aliphatic heterocycles. The maximum absolute atomic E-state index is 12.3. The van der Waals surface area contributed by atoms with E-state index in [1.165, 1.54) is 15.1 Å². The molecular weight excluding hydrogens is 433 g/mol. The standard InChI is InChI=1S/C16H24BrN3OS.2ClH/c17-15-3-2-14(22-15)12-19-7-9-20(10-8-19)16(21)4-1-13-5-6-18-11-13;;/h2-3,13,18H,1,4-12H2;2*1H. The van der Waals surface area contributed by atoms with Gasteiger partial charge in [-0.15, -0.1) is 36.2 Å². The van der Waals surface area contributed by atoms with Gasteiger partial charge in [-0.1, -0.05) is 0 Å². The summed E-state index contributed by atoms with van der Waals surface area (Å²) in [5, 5.41) is 3.37. The second-order valence-corrected chi connectivity index (χ2v) is 8.81. The Morgan fingerprint density at radius 1 is 1.25 bits per heavy atom. The third-order valence-corrected chi connectivity index (χ3v) is 6.27. The second kappa shape index (κ2) is 11.0. The van der Waals surface area contributed by atoms with Crippen molar-refractivity contribution in [3.05, 3.63) is 20.8 Å². The van der Waals surface area contributed by atoms with E-state index >= 15 is 0 Å². The fourth-order valence-electron chi connectivity index (χ4n) is 3.26. The number of rotatable bonds is 5. The van der Waals surface area contributed by atoms with Gasteiger partial charge in [0.1, 0.15) is 0 Å². The number of thiophene rings is 1. The molecule has 1 aromatic heterocycles. The number of hydrogen-bond donors (Lipinski definition) is 1. The Labute approximate surface area is 169 Å². The molecular formula is C16H26BrCl2N3OS. The third-order valence-electron chi connectivity index (χ3n) is 4.66. The molecule has 1 aromatic rings. The number of hydrogen-bond acceptors (Lipinski definition) is 4. The number of carbonyl (C=O) groups excluding carboxylic acids is 1. The van der Waals surface area contributed by atoms with Crippen molar-refractivity contribution in [1.29, 1.82) is 0 Å². The van der Waals surface area contributed by atoms with E-state index in [1.807, 2.05) is 0 Å². The summed E-state index contributed by atoms with van der Waals surface area (Å²) in [6.07, 6.45) is 3.01. The lowest BCUT2D eigenvalue weighted by molar-refractivity contribution is -0.133. The number of carbonyl (C=O) groups is 1. The molecule has 3 rings (SSSR count). The quantitative estimate of drug-likeness (QED) is 0.734. The average Bonchev–Trinajstić information content (AvgIpc) is 3.17. The molecule has 2 fully saturated rings. The van der Waals surface area contributed by atoms with Gasteiger partial charge in [-0.3, -0.25) is 9.69 Å². The molecule has 3 heterocycles. The normalized spacial score (nSPS) is 21.2. The van der Waals surface area contributed by atoms with Gasteiger partial charge in [-0.2, -0.15) is 0 Å². The summed E-state index contributed by atoms with van der Waals surface area (Å²) in [6, 6.07) is 4.29. The zero-order valence-electron chi connectivity index (χ0n) is 13.7. The Kier molecular flexibility index (Phi) is 10.2. The summed E-state index contributed by atoms with van der Waals surface area (Å²) in [7, 11) is 0. The molecule has 1 N–H and O–H groups in total. The van der Waals surface area contributed by atoms with Crippen molar-refractivity contribution < 1.29 is 4.79 Å². The number of halogens is 3. The van der Waals surface area contributed by atoms with Crippen LogP contribution >= 0.6 is 52.1 Å². The Bertz CT molecular complexity index is 503. The summed E-state index contributed by atoms with van der Waals surface area (Å²) >= 11 is 5.31. The fraction of sp³-hybridized carbons (Fsp3) is 0.688. The fourth-order valence-corrected chi connectivity index (χ4v) is 4.78. The highest BCUT2D eigenvalue weighted by molar-refractivity contribution is 9.11. The minimum atomic E-state index is 0. The molecule has 1 unspecified atom stereocenters. The van der Waals surface area contributed by atoms with E-state index in [1.54, 1.807) is 11.3 Å². The number of piperazine rings is 1. The van der Waals surface area contributed by atoms with Crippen LogP contribution in [0.2, 0.25) is 0 Å². The van der Waals surface area contributed by atoms with Gasteiger partial charge in [0.15, 0.2) is 0 Å². The largest absolute Gasteiger partial charge is 0.340 e. The molecule has 0 radical (unpaired) electrons. The molecule has 0 aliphatic carbocycles. The molecule has 1 amide bonds. The topological polar surface area (TPSA) is 35.6 Å². The van der Waals surface area contributed by atoms with Crippen molar-refractivity contribution in [2.75, 3.05) is 39.3 Å². The van der Waals surface area contributed by atoms with Crippen molar-refractivity contribution in [2.45, 2.75) is 25.8 Å². The van der Waals surface area contributed by atoms with Crippen LogP contribution in [-0.2, 0) is 11.3 Å². The van der Waals surface area contributed by atoms with Crippen LogP contribution < -0.4 is 5.32 Å². The molecule has 0 bridgehead atoms. The van der Waals surface area contributed by atoms with Gasteiger partial charge < -0.3 is 10.2 Å². The van der Waals surface area contributed by atoms with Gasteiger partial charge in [0.2, 0.25) is 5.91 Å². The van der Waals surface area contributed by atoms with E-state index in [4.69, 9.17) is 0 Å². The van der Waals surface area contributed by atoms with Crippen molar-refractivity contribution in [1.82, 2.24) is 15.1 Å². The average molecular weight is 459 g/mol. The Morgan fingerprint density at radius 2 is 2.00 bits per heavy atom. The van der Waals surface area contributed by atoms with Crippen LogP contribution in [0.3, 0.4) is 0 Å². The summed E-state index contributed by atoms with van der Waals surface area (Å²) in [4.78, 5) is 18.2. The highest BCUT2D eigenvalue weighted by Crippen LogP contribution is 2.23. The van der Waals surface area contributed by atoms with Gasteiger partial charge in [-0.25, -0.2) is 0 Å². The minimum Gasteiger partial charge on any atom is -0.340 e. The monoisotopic (exact) mass is 457 g/mol. The highest BCUT2D eigenvalue weighted by Gasteiger charge is 2.23. The molecule has 4 nitrogen and oxygen atoms in total. The predicted octanol–water partition coefficient (Wildman–Crippen LogP) is 3.39. The van der Waals surface area contributed by atoms with Crippen LogP contribution in [0.25, 0.3) is 0 Å². The summed E-state index contributed by atoms with van der Waals surface area (Å²) < 4.78 is 1.19. The molecule has 8 heteroatoms. The lowest BCUT2D eigenvalue weighted by Gasteiger charge is -2.34. The molecule has 0 saturated carbocycles. The molecule has 2 aliphatic rings. The van der Waals surface area contributed by atoms with Gasteiger partial charge in [-0.05, 0) is 59.9 Å². The third kappa shape index (κ3) is 6.46. The Balaban J connectivity index is 0.00000144. The Morgan fingerprint density at radius 3 is 2.58 bits per heavy atom. The van der Waals surface area contributed by atoms with Crippen LogP contribution in [0.15, 0.2) is 15.9 Å². The van der Waals surface area contributed by atoms with Crippen LogP contribution in [0, 0.1) is 5.92 Å². The second-order valence-electron chi connectivity index (χ2n) is 6.26. The first-order chi connectivity index (χ1) is 10.7. The number of nitrogens with one attached hydrogen (secondary N) is 1. The van der Waals surface area contributed by atoms with Gasteiger partial charge in [0, 0.05) is 44.0 Å². The van der Waals surface area contributed by atoms with Crippen LogP contribution in [-0.4, -0.2) is 55.0 Å². The Hall–Kier alpha value is 0.150. The molecule has 0 spiro atoms. The lowest BCUT2D eigenvalue weighted by Crippen LogP contribution is -2.48. The molecule has 24 heavy (non-hydrogen) atoms. The molecule has 0 aromatic carbocycles. The zero-order valence-corrected chi connectivity index (χ0v) is 17.7.